The van der Waals surface area contributed by atoms with Gasteiger partial charge in [-0.15, -0.1) is 0 Å². The van der Waals surface area contributed by atoms with Crippen LogP contribution in [-0.4, -0.2) is 45.2 Å². The number of rotatable bonds is 4. The van der Waals surface area contributed by atoms with E-state index < -0.39 is 0 Å². The number of H-pyrrole nitrogens is 1. The molecule has 33 heavy (non-hydrogen) atoms. The number of benzene rings is 1. The molecule has 0 saturated heterocycles. The van der Waals surface area contributed by atoms with Gasteiger partial charge in [-0.2, -0.15) is 5.10 Å². The molecule has 6 rings (SSSR count). The fourth-order valence-corrected chi connectivity index (χ4v) is 4.81. The molecular formula is C22H17N5O5S. The minimum Gasteiger partial charge on any atom is -0.459 e. The summed E-state index contributed by atoms with van der Waals surface area (Å²) in [6.07, 6.45) is 2.05. The van der Waals surface area contributed by atoms with Gasteiger partial charge in [0.1, 0.15) is 5.69 Å². The first-order chi connectivity index (χ1) is 16.1. The van der Waals surface area contributed by atoms with Gasteiger partial charge in [-0.1, -0.05) is 11.3 Å². The van der Waals surface area contributed by atoms with Gasteiger partial charge in [-0.25, -0.2) is 4.98 Å². The average molecular weight is 463 g/mol. The zero-order chi connectivity index (χ0) is 22.4. The number of aromatic amines is 1. The highest BCUT2D eigenvalue weighted by atomic mass is 32.1. The molecule has 0 aliphatic carbocycles. The second kappa shape index (κ2) is 7.78. The third-order valence-corrected chi connectivity index (χ3v) is 6.46. The molecule has 0 unspecified atom stereocenters. The maximum absolute atomic E-state index is 13.1. The maximum atomic E-state index is 13.1. The molecule has 0 atom stereocenters. The smallest absolute Gasteiger partial charge is 0.293 e. The van der Waals surface area contributed by atoms with E-state index in [1.54, 1.807) is 23.1 Å². The summed E-state index contributed by atoms with van der Waals surface area (Å²) in [7, 11) is 0. The third kappa shape index (κ3) is 3.61. The van der Waals surface area contributed by atoms with Crippen LogP contribution in [0.3, 0.4) is 0 Å². The van der Waals surface area contributed by atoms with Crippen molar-refractivity contribution in [2.75, 3.05) is 18.7 Å². The van der Waals surface area contributed by atoms with Crippen LogP contribution in [0.2, 0.25) is 0 Å². The van der Waals surface area contributed by atoms with Crippen LogP contribution in [0.25, 0.3) is 11.3 Å². The first-order valence-electron chi connectivity index (χ1n) is 10.2. The van der Waals surface area contributed by atoms with E-state index in [9.17, 15) is 9.59 Å². The van der Waals surface area contributed by atoms with Crippen LogP contribution < -0.4 is 14.8 Å². The number of hydrogen-bond acceptors (Lipinski definition) is 8. The Balaban J connectivity index is 1.16. The summed E-state index contributed by atoms with van der Waals surface area (Å²) in [6.45, 7) is 1.15. The molecule has 0 fully saturated rings. The summed E-state index contributed by atoms with van der Waals surface area (Å²) in [5, 5.41) is 10.4. The summed E-state index contributed by atoms with van der Waals surface area (Å²) in [5.74, 6) is 1.07. The summed E-state index contributed by atoms with van der Waals surface area (Å²) in [5.41, 5.74) is 2.77. The van der Waals surface area contributed by atoms with Crippen molar-refractivity contribution in [1.82, 2.24) is 20.1 Å². The van der Waals surface area contributed by atoms with E-state index in [1.807, 2.05) is 18.2 Å². The number of anilines is 1. The molecule has 166 valence electrons. The second-order valence-corrected chi connectivity index (χ2v) is 8.62. The normalized spacial score (nSPS) is 14.2. The van der Waals surface area contributed by atoms with Gasteiger partial charge in [0.15, 0.2) is 22.4 Å². The predicted octanol–water partition coefficient (Wildman–Crippen LogP) is 3.31. The summed E-state index contributed by atoms with van der Waals surface area (Å²) >= 11 is 1.36. The van der Waals surface area contributed by atoms with Gasteiger partial charge < -0.3 is 18.8 Å². The molecule has 0 spiro atoms. The molecule has 10 nitrogen and oxygen atoms in total. The standard InChI is InChI=1S/C22H17N5O5S/c28-20(17-2-1-7-30-17)24-22-23-13-5-6-27(10-19(13)33-22)21(29)15-9-14(25-26-15)12-3-4-16-18(8-12)32-11-31-16/h1-4,7-9H,5-6,10-11H2,(H,25,26)(H,23,24,28). The van der Waals surface area contributed by atoms with Gasteiger partial charge in [0.2, 0.25) is 6.79 Å². The molecule has 3 aromatic heterocycles. The fraction of sp³-hybridized carbons (Fsp3) is 0.182. The fourth-order valence-electron chi connectivity index (χ4n) is 3.79. The Morgan fingerprint density at radius 1 is 1.15 bits per heavy atom. The quantitative estimate of drug-likeness (QED) is 0.476. The Labute approximate surface area is 191 Å². The van der Waals surface area contributed by atoms with E-state index in [4.69, 9.17) is 13.9 Å². The van der Waals surface area contributed by atoms with Crippen LogP contribution in [-0.2, 0) is 13.0 Å². The van der Waals surface area contributed by atoms with Crippen molar-refractivity contribution in [2.24, 2.45) is 0 Å². The lowest BCUT2D eigenvalue weighted by Gasteiger charge is -2.25. The minimum absolute atomic E-state index is 0.144. The van der Waals surface area contributed by atoms with Gasteiger partial charge in [-0.05, 0) is 36.4 Å². The molecule has 1 aromatic carbocycles. The number of fused-ring (bicyclic) bond motifs is 2. The highest BCUT2D eigenvalue weighted by Crippen LogP contribution is 2.35. The minimum atomic E-state index is -0.354. The zero-order valence-electron chi connectivity index (χ0n) is 17.2. The number of carbonyl (C=O) groups is 2. The number of nitrogens with one attached hydrogen (secondary N) is 2. The van der Waals surface area contributed by atoms with Crippen LogP contribution in [0.5, 0.6) is 11.5 Å². The number of ether oxygens (including phenoxy) is 2. The van der Waals surface area contributed by atoms with Crippen molar-refractivity contribution in [3.63, 3.8) is 0 Å². The van der Waals surface area contributed by atoms with Gasteiger partial charge in [0.05, 0.1) is 24.2 Å². The number of furan rings is 1. The Morgan fingerprint density at radius 3 is 2.94 bits per heavy atom. The molecule has 11 heteroatoms. The monoisotopic (exact) mass is 463 g/mol. The zero-order valence-corrected chi connectivity index (χ0v) is 18.0. The van der Waals surface area contributed by atoms with Crippen LogP contribution >= 0.6 is 11.3 Å². The molecule has 0 bridgehead atoms. The first kappa shape index (κ1) is 19.6. The van der Waals surface area contributed by atoms with Crippen molar-refractivity contribution in [3.8, 4) is 22.8 Å². The molecular weight excluding hydrogens is 446 g/mol. The Morgan fingerprint density at radius 2 is 2.06 bits per heavy atom. The van der Waals surface area contributed by atoms with Crippen LogP contribution in [0.4, 0.5) is 5.13 Å². The van der Waals surface area contributed by atoms with Crippen molar-refractivity contribution < 1.29 is 23.5 Å². The molecule has 2 N–H and O–H groups in total. The maximum Gasteiger partial charge on any atom is 0.293 e. The third-order valence-electron chi connectivity index (χ3n) is 5.46. The number of thiazole rings is 1. The molecule has 4 aromatic rings. The number of nitrogens with zero attached hydrogens (tertiary/aromatic N) is 3. The highest BCUT2D eigenvalue weighted by molar-refractivity contribution is 7.15. The number of carbonyl (C=O) groups excluding carboxylic acids is 2. The molecule has 2 amide bonds. The number of aromatic nitrogens is 3. The SMILES string of the molecule is O=C(Nc1nc2c(s1)CN(C(=O)c1cc(-c3ccc4c(c3)OCO4)n[nH]1)CC2)c1ccco1. The Hall–Kier alpha value is -4.12. The van der Waals surface area contributed by atoms with E-state index in [0.717, 1.165) is 16.1 Å². The highest BCUT2D eigenvalue weighted by Gasteiger charge is 2.27. The van der Waals surface area contributed by atoms with Crippen molar-refractivity contribution in [1.29, 1.82) is 0 Å². The van der Waals surface area contributed by atoms with E-state index in [1.165, 1.54) is 17.6 Å². The molecule has 0 radical (unpaired) electrons. The van der Waals surface area contributed by atoms with Gasteiger partial charge in [0.25, 0.3) is 11.8 Å². The van der Waals surface area contributed by atoms with E-state index in [2.05, 4.69) is 20.5 Å². The number of amides is 2. The van der Waals surface area contributed by atoms with Gasteiger partial charge in [-0.3, -0.25) is 20.0 Å². The van der Waals surface area contributed by atoms with Crippen LogP contribution in [0.15, 0.2) is 47.1 Å². The second-order valence-electron chi connectivity index (χ2n) is 7.53. The summed E-state index contributed by atoms with van der Waals surface area (Å²) in [4.78, 5) is 32.5. The topological polar surface area (TPSA) is 123 Å². The van der Waals surface area contributed by atoms with E-state index in [-0.39, 0.29) is 24.4 Å². The molecule has 0 saturated carbocycles. The molecule has 5 heterocycles. The summed E-state index contributed by atoms with van der Waals surface area (Å²) < 4.78 is 15.9. The Bertz CT molecular complexity index is 1360. The predicted molar refractivity (Wildman–Crippen MR) is 117 cm³/mol. The number of hydrogen-bond donors (Lipinski definition) is 2. The lowest BCUT2D eigenvalue weighted by Crippen LogP contribution is -2.35. The lowest BCUT2D eigenvalue weighted by molar-refractivity contribution is 0.0730. The van der Waals surface area contributed by atoms with Crippen molar-refractivity contribution in [2.45, 2.75) is 13.0 Å². The summed E-state index contributed by atoms with van der Waals surface area (Å²) in [6, 6.07) is 10.5. The van der Waals surface area contributed by atoms with Crippen molar-refractivity contribution in [3.05, 3.63) is 64.7 Å². The molecule has 2 aliphatic rings. The van der Waals surface area contributed by atoms with Gasteiger partial charge >= 0.3 is 0 Å². The average Bonchev–Trinajstić information content (AvgIpc) is 3.63. The first-order valence-corrected chi connectivity index (χ1v) is 11.0. The van der Waals surface area contributed by atoms with E-state index >= 15 is 0 Å². The van der Waals surface area contributed by atoms with Crippen molar-refractivity contribution >= 4 is 28.3 Å². The van der Waals surface area contributed by atoms with Crippen LogP contribution in [0.1, 0.15) is 31.6 Å². The van der Waals surface area contributed by atoms with E-state index in [0.29, 0.717) is 47.5 Å². The molecule has 2 aliphatic heterocycles. The Kier molecular flexibility index (Phi) is 4.61. The lowest BCUT2D eigenvalue weighted by atomic mass is 10.1. The van der Waals surface area contributed by atoms with Crippen LogP contribution in [0, 0.1) is 0 Å². The van der Waals surface area contributed by atoms with Gasteiger partial charge in [0, 0.05) is 23.4 Å². The largest absolute Gasteiger partial charge is 0.459 e.